The summed E-state index contributed by atoms with van der Waals surface area (Å²) >= 11 is 0. The van der Waals surface area contributed by atoms with Crippen LogP contribution in [0.3, 0.4) is 0 Å². The van der Waals surface area contributed by atoms with Gasteiger partial charge in [-0.1, -0.05) is 19.9 Å². The minimum Gasteiger partial charge on any atom is -0.383 e. The molecule has 3 heteroatoms. The van der Waals surface area contributed by atoms with Gasteiger partial charge < -0.3 is 10.1 Å². The maximum absolute atomic E-state index is 13.5. The van der Waals surface area contributed by atoms with Gasteiger partial charge >= 0.3 is 0 Å². The van der Waals surface area contributed by atoms with Gasteiger partial charge in [0.25, 0.3) is 0 Å². The Balaban J connectivity index is 2.80. The second-order valence-electron chi connectivity index (χ2n) is 4.43. The molecule has 1 rings (SSSR count). The maximum Gasteiger partial charge on any atom is 0.146 e. The molecule has 0 radical (unpaired) electrons. The Morgan fingerprint density at radius 1 is 1.38 bits per heavy atom. The Morgan fingerprint density at radius 3 is 2.62 bits per heavy atom. The minimum atomic E-state index is -0.215. The van der Waals surface area contributed by atoms with Crippen LogP contribution in [0.2, 0.25) is 0 Å². The molecule has 0 saturated heterocycles. The quantitative estimate of drug-likeness (QED) is 0.830. The van der Waals surface area contributed by atoms with Crippen LogP contribution in [-0.2, 0) is 4.74 Å². The molecule has 0 heterocycles. The van der Waals surface area contributed by atoms with E-state index in [4.69, 9.17) is 4.74 Å². The molecule has 1 aromatic carbocycles. The number of ether oxygens (including phenoxy) is 1. The second kappa shape index (κ2) is 5.85. The lowest BCUT2D eigenvalue weighted by Crippen LogP contribution is -2.30. The lowest BCUT2D eigenvalue weighted by Gasteiger charge is -2.23. The van der Waals surface area contributed by atoms with Gasteiger partial charge in [0.1, 0.15) is 5.82 Å². The Bertz CT molecular complexity index is 339. The smallest absolute Gasteiger partial charge is 0.146 e. The number of hydrogen-bond donors (Lipinski definition) is 1. The van der Waals surface area contributed by atoms with E-state index >= 15 is 0 Å². The van der Waals surface area contributed by atoms with Crippen LogP contribution in [0.4, 0.5) is 10.1 Å². The number of methoxy groups -OCH3 is 1. The summed E-state index contributed by atoms with van der Waals surface area (Å²) in [6.07, 6.45) is 0. The highest BCUT2D eigenvalue weighted by Crippen LogP contribution is 2.18. The predicted octanol–water partition coefficient (Wildman–Crippen LogP) is 3.22. The van der Waals surface area contributed by atoms with Crippen molar-refractivity contribution in [2.45, 2.75) is 26.8 Å². The molecule has 90 valence electrons. The van der Waals surface area contributed by atoms with Crippen LogP contribution in [0.5, 0.6) is 0 Å². The van der Waals surface area contributed by atoms with Crippen molar-refractivity contribution in [2.24, 2.45) is 5.92 Å². The predicted molar refractivity (Wildman–Crippen MR) is 65.3 cm³/mol. The van der Waals surface area contributed by atoms with E-state index in [0.29, 0.717) is 18.2 Å². The molecule has 1 atom stereocenters. The summed E-state index contributed by atoms with van der Waals surface area (Å²) in [5.74, 6) is 0.173. The van der Waals surface area contributed by atoms with Crippen LogP contribution in [0.1, 0.15) is 19.4 Å². The molecule has 0 spiro atoms. The van der Waals surface area contributed by atoms with E-state index in [1.807, 2.05) is 13.0 Å². The standard InChI is InChI=1S/C13H20FNO/c1-9(2)13(8-16-4)15-12-7-10(3)5-6-11(12)14/h5-7,9,13,15H,8H2,1-4H3. The van der Waals surface area contributed by atoms with Crippen LogP contribution in [0.15, 0.2) is 18.2 Å². The molecular weight excluding hydrogens is 205 g/mol. The van der Waals surface area contributed by atoms with Crippen molar-refractivity contribution in [3.05, 3.63) is 29.6 Å². The highest BCUT2D eigenvalue weighted by atomic mass is 19.1. The average molecular weight is 225 g/mol. The highest BCUT2D eigenvalue weighted by Gasteiger charge is 2.14. The van der Waals surface area contributed by atoms with Crippen LogP contribution < -0.4 is 5.32 Å². The summed E-state index contributed by atoms with van der Waals surface area (Å²) < 4.78 is 18.7. The highest BCUT2D eigenvalue weighted by molar-refractivity contribution is 5.47. The van der Waals surface area contributed by atoms with Crippen LogP contribution in [0.25, 0.3) is 0 Å². The van der Waals surface area contributed by atoms with E-state index < -0.39 is 0 Å². The first-order chi connectivity index (χ1) is 7.54. The lowest BCUT2D eigenvalue weighted by molar-refractivity contribution is 0.171. The fourth-order valence-corrected chi connectivity index (χ4v) is 1.53. The van der Waals surface area contributed by atoms with Crippen molar-refractivity contribution < 1.29 is 9.13 Å². The molecule has 0 aliphatic carbocycles. The average Bonchev–Trinajstić information content (AvgIpc) is 2.22. The monoisotopic (exact) mass is 225 g/mol. The number of nitrogens with one attached hydrogen (secondary N) is 1. The zero-order valence-electron chi connectivity index (χ0n) is 10.4. The molecule has 1 unspecified atom stereocenters. The van der Waals surface area contributed by atoms with E-state index in [1.165, 1.54) is 6.07 Å². The molecule has 1 N–H and O–H groups in total. The first kappa shape index (κ1) is 13.0. The van der Waals surface area contributed by atoms with E-state index in [2.05, 4.69) is 19.2 Å². The summed E-state index contributed by atoms with van der Waals surface area (Å²) in [7, 11) is 1.66. The van der Waals surface area contributed by atoms with Crippen molar-refractivity contribution >= 4 is 5.69 Å². The fraction of sp³-hybridized carbons (Fsp3) is 0.538. The molecular formula is C13H20FNO. The van der Waals surface area contributed by atoms with Gasteiger partial charge in [-0.05, 0) is 30.5 Å². The zero-order chi connectivity index (χ0) is 12.1. The molecule has 16 heavy (non-hydrogen) atoms. The summed E-state index contributed by atoms with van der Waals surface area (Å²) in [5, 5.41) is 3.19. The summed E-state index contributed by atoms with van der Waals surface area (Å²) in [6.45, 7) is 6.70. The SMILES string of the molecule is COCC(Nc1cc(C)ccc1F)C(C)C. The Morgan fingerprint density at radius 2 is 2.06 bits per heavy atom. The summed E-state index contributed by atoms with van der Waals surface area (Å²) in [4.78, 5) is 0. The number of aryl methyl sites for hydroxylation is 1. The van der Waals surface area contributed by atoms with Gasteiger partial charge in [0.15, 0.2) is 0 Å². The van der Waals surface area contributed by atoms with E-state index in [9.17, 15) is 4.39 Å². The molecule has 0 bridgehead atoms. The Kier molecular flexibility index (Phi) is 4.74. The fourth-order valence-electron chi connectivity index (χ4n) is 1.53. The van der Waals surface area contributed by atoms with Gasteiger partial charge in [-0.3, -0.25) is 0 Å². The number of halogens is 1. The van der Waals surface area contributed by atoms with Gasteiger partial charge in [0, 0.05) is 7.11 Å². The van der Waals surface area contributed by atoms with Gasteiger partial charge in [0.05, 0.1) is 18.3 Å². The van der Waals surface area contributed by atoms with Gasteiger partial charge in [0.2, 0.25) is 0 Å². The van der Waals surface area contributed by atoms with E-state index in [-0.39, 0.29) is 11.9 Å². The van der Waals surface area contributed by atoms with E-state index in [1.54, 1.807) is 13.2 Å². The third kappa shape index (κ3) is 3.49. The van der Waals surface area contributed by atoms with Gasteiger partial charge in [-0.25, -0.2) is 4.39 Å². The van der Waals surface area contributed by atoms with Gasteiger partial charge in [-0.2, -0.15) is 0 Å². The first-order valence-corrected chi connectivity index (χ1v) is 5.56. The Labute approximate surface area is 96.8 Å². The third-order valence-electron chi connectivity index (χ3n) is 2.61. The molecule has 0 fully saturated rings. The lowest BCUT2D eigenvalue weighted by atomic mass is 10.0. The molecule has 0 aliphatic heterocycles. The zero-order valence-corrected chi connectivity index (χ0v) is 10.4. The van der Waals surface area contributed by atoms with Crippen LogP contribution >= 0.6 is 0 Å². The number of hydrogen-bond acceptors (Lipinski definition) is 2. The maximum atomic E-state index is 13.5. The molecule has 1 aromatic rings. The van der Waals surface area contributed by atoms with Crippen LogP contribution in [0, 0.1) is 18.7 Å². The van der Waals surface area contributed by atoms with Crippen molar-refractivity contribution in [3.8, 4) is 0 Å². The number of benzene rings is 1. The second-order valence-corrected chi connectivity index (χ2v) is 4.43. The number of rotatable bonds is 5. The third-order valence-corrected chi connectivity index (χ3v) is 2.61. The molecule has 0 aromatic heterocycles. The number of anilines is 1. The first-order valence-electron chi connectivity index (χ1n) is 5.56. The minimum absolute atomic E-state index is 0.126. The summed E-state index contributed by atoms with van der Waals surface area (Å²) in [5.41, 5.74) is 1.60. The van der Waals surface area contributed by atoms with Crippen molar-refractivity contribution in [2.75, 3.05) is 19.0 Å². The molecule has 0 aliphatic rings. The van der Waals surface area contributed by atoms with Crippen LogP contribution in [-0.4, -0.2) is 19.8 Å². The van der Waals surface area contributed by atoms with Crippen molar-refractivity contribution in [1.82, 2.24) is 0 Å². The Hall–Kier alpha value is -1.09. The molecule has 2 nitrogen and oxygen atoms in total. The normalized spacial score (nSPS) is 12.9. The summed E-state index contributed by atoms with van der Waals surface area (Å²) in [6, 6.07) is 5.20. The topological polar surface area (TPSA) is 21.3 Å². The van der Waals surface area contributed by atoms with Crippen molar-refractivity contribution in [1.29, 1.82) is 0 Å². The van der Waals surface area contributed by atoms with Crippen molar-refractivity contribution in [3.63, 3.8) is 0 Å². The molecule has 0 saturated carbocycles. The van der Waals surface area contributed by atoms with Gasteiger partial charge in [-0.15, -0.1) is 0 Å². The largest absolute Gasteiger partial charge is 0.383 e. The molecule has 0 amide bonds. The van der Waals surface area contributed by atoms with E-state index in [0.717, 1.165) is 5.56 Å².